The summed E-state index contributed by atoms with van der Waals surface area (Å²) in [7, 11) is 1.47. The number of hydrogen-bond acceptors (Lipinski definition) is 6. The largest absolute Gasteiger partial charge is 0.477 e. The van der Waals surface area contributed by atoms with Crippen LogP contribution < -0.4 is 10.1 Å². The number of amides is 1. The molecule has 8 nitrogen and oxygen atoms in total. The van der Waals surface area contributed by atoms with E-state index < -0.39 is 16.9 Å². The standard InChI is InChI=1S/C13H18N2O6/c1-20-8-10(16)6-7-14-13(17)9-21-12-5-3-2-4-11(12)15(18)19/h2-5,10,16H,6-9H2,1H3,(H,14,17). The van der Waals surface area contributed by atoms with Crippen molar-refractivity contribution in [1.82, 2.24) is 5.32 Å². The fraction of sp³-hybridized carbons (Fsp3) is 0.462. The summed E-state index contributed by atoms with van der Waals surface area (Å²) in [6, 6.07) is 5.83. The lowest BCUT2D eigenvalue weighted by Crippen LogP contribution is -2.32. The summed E-state index contributed by atoms with van der Waals surface area (Å²) in [5.74, 6) is -0.380. The molecule has 1 amide bonds. The molecule has 1 aromatic carbocycles. The van der Waals surface area contributed by atoms with Gasteiger partial charge < -0.3 is 19.9 Å². The molecule has 0 heterocycles. The number of ether oxygens (including phenoxy) is 2. The molecule has 0 aliphatic heterocycles. The lowest BCUT2D eigenvalue weighted by atomic mass is 10.2. The van der Waals surface area contributed by atoms with Crippen LogP contribution in [0.25, 0.3) is 0 Å². The van der Waals surface area contributed by atoms with Gasteiger partial charge in [-0.1, -0.05) is 12.1 Å². The molecule has 0 aliphatic carbocycles. The Morgan fingerprint density at radius 2 is 2.19 bits per heavy atom. The van der Waals surface area contributed by atoms with Gasteiger partial charge in [-0.3, -0.25) is 14.9 Å². The zero-order chi connectivity index (χ0) is 15.7. The van der Waals surface area contributed by atoms with Gasteiger partial charge in [-0.2, -0.15) is 0 Å². The van der Waals surface area contributed by atoms with E-state index >= 15 is 0 Å². The number of nitrogens with one attached hydrogen (secondary N) is 1. The molecule has 1 atom stereocenters. The Balaban J connectivity index is 2.35. The summed E-state index contributed by atoms with van der Waals surface area (Å²) in [6.45, 7) is 0.136. The molecule has 1 rings (SSSR count). The highest BCUT2D eigenvalue weighted by molar-refractivity contribution is 5.77. The number of para-hydroxylation sites is 2. The van der Waals surface area contributed by atoms with Crippen molar-refractivity contribution in [2.45, 2.75) is 12.5 Å². The number of nitrogens with zero attached hydrogens (tertiary/aromatic N) is 1. The lowest BCUT2D eigenvalue weighted by Gasteiger charge is -2.10. The van der Waals surface area contributed by atoms with E-state index in [0.717, 1.165) is 0 Å². The van der Waals surface area contributed by atoms with Crippen molar-refractivity contribution in [1.29, 1.82) is 0 Å². The van der Waals surface area contributed by atoms with Gasteiger partial charge in [0, 0.05) is 19.7 Å². The number of aliphatic hydroxyl groups excluding tert-OH is 1. The third kappa shape index (κ3) is 6.19. The van der Waals surface area contributed by atoms with Crippen LogP contribution in [0.5, 0.6) is 5.75 Å². The first-order chi connectivity index (χ1) is 10.0. The van der Waals surface area contributed by atoms with E-state index in [1.54, 1.807) is 6.07 Å². The Hall–Kier alpha value is -2.19. The molecule has 116 valence electrons. The van der Waals surface area contributed by atoms with Crippen molar-refractivity contribution in [3.8, 4) is 5.75 Å². The predicted molar refractivity (Wildman–Crippen MR) is 74.1 cm³/mol. The first kappa shape index (κ1) is 16.9. The average Bonchev–Trinajstić information content (AvgIpc) is 2.45. The van der Waals surface area contributed by atoms with Crippen molar-refractivity contribution in [3.63, 3.8) is 0 Å². The van der Waals surface area contributed by atoms with Gasteiger partial charge in [0.15, 0.2) is 12.4 Å². The molecule has 0 aliphatic rings. The number of carbonyl (C=O) groups is 1. The van der Waals surface area contributed by atoms with Crippen molar-refractivity contribution < 1.29 is 24.3 Å². The highest BCUT2D eigenvalue weighted by Gasteiger charge is 2.14. The lowest BCUT2D eigenvalue weighted by molar-refractivity contribution is -0.385. The molecule has 1 unspecified atom stereocenters. The molecule has 0 fully saturated rings. The molecule has 8 heteroatoms. The number of rotatable bonds is 9. The van der Waals surface area contributed by atoms with Gasteiger partial charge in [0.05, 0.1) is 17.6 Å². The van der Waals surface area contributed by atoms with E-state index in [4.69, 9.17) is 9.47 Å². The zero-order valence-corrected chi connectivity index (χ0v) is 11.7. The minimum atomic E-state index is -0.647. The van der Waals surface area contributed by atoms with Crippen LogP contribution in [0.1, 0.15) is 6.42 Å². The number of benzene rings is 1. The summed E-state index contributed by atoms with van der Waals surface area (Å²) < 4.78 is 9.88. The minimum absolute atomic E-state index is 0.0390. The van der Waals surface area contributed by atoms with Gasteiger partial charge in [0.25, 0.3) is 5.91 Å². The van der Waals surface area contributed by atoms with Crippen LogP contribution >= 0.6 is 0 Å². The minimum Gasteiger partial charge on any atom is -0.477 e. The van der Waals surface area contributed by atoms with Crippen LogP contribution in [0.4, 0.5) is 5.69 Å². The number of aliphatic hydroxyl groups is 1. The average molecular weight is 298 g/mol. The molecule has 0 saturated heterocycles. The number of carbonyl (C=O) groups excluding carboxylic acids is 1. The second kappa shape index (κ2) is 8.88. The van der Waals surface area contributed by atoms with Gasteiger partial charge in [-0.25, -0.2) is 0 Å². The number of nitro benzene ring substituents is 1. The maximum absolute atomic E-state index is 11.5. The Bertz CT molecular complexity index is 479. The summed E-state index contributed by atoms with van der Waals surface area (Å²) in [5, 5.41) is 22.7. The Kier molecular flexibility index (Phi) is 7.13. The first-order valence-corrected chi connectivity index (χ1v) is 6.34. The summed E-state index contributed by atoms with van der Waals surface area (Å²) in [5.41, 5.74) is -0.194. The first-order valence-electron chi connectivity index (χ1n) is 6.34. The molecule has 0 aromatic heterocycles. The third-order valence-corrected chi connectivity index (χ3v) is 2.58. The number of methoxy groups -OCH3 is 1. The van der Waals surface area contributed by atoms with Gasteiger partial charge in [-0.05, 0) is 12.5 Å². The van der Waals surface area contributed by atoms with Crippen molar-refractivity contribution in [2.24, 2.45) is 0 Å². The normalized spacial score (nSPS) is 11.7. The number of hydrogen-bond donors (Lipinski definition) is 2. The Morgan fingerprint density at radius 1 is 1.48 bits per heavy atom. The van der Waals surface area contributed by atoms with E-state index in [1.807, 2.05) is 0 Å². The van der Waals surface area contributed by atoms with Crippen LogP contribution in [-0.2, 0) is 9.53 Å². The quantitative estimate of drug-likeness (QED) is 0.507. The van der Waals surface area contributed by atoms with Gasteiger partial charge in [0.2, 0.25) is 0 Å². The number of nitro groups is 1. The highest BCUT2D eigenvalue weighted by Crippen LogP contribution is 2.25. The predicted octanol–water partition coefficient (Wildman–Crippen LogP) is 0.487. The van der Waals surface area contributed by atoms with E-state index in [2.05, 4.69) is 5.32 Å². The molecule has 1 aromatic rings. The Morgan fingerprint density at radius 3 is 2.86 bits per heavy atom. The summed E-state index contributed by atoms with van der Waals surface area (Å²) >= 11 is 0. The molecule has 2 N–H and O–H groups in total. The van der Waals surface area contributed by atoms with Crippen LogP contribution in [0.15, 0.2) is 24.3 Å². The van der Waals surface area contributed by atoms with Crippen LogP contribution in [-0.4, -0.2) is 48.9 Å². The third-order valence-electron chi connectivity index (χ3n) is 2.58. The smallest absolute Gasteiger partial charge is 0.310 e. The molecular formula is C13H18N2O6. The molecule has 0 spiro atoms. The van der Waals surface area contributed by atoms with Gasteiger partial charge in [-0.15, -0.1) is 0 Å². The van der Waals surface area contributed by atoms with E-state index in [-0.39, 0.29) is 31.2 Å². The molecule has 0 saturated carbocycles. The van der Waals surface area contributed by atoms with Crippen LogP contribution in [0, 0.1) is 10.1 Å². The van der Waals surface area contributed by atoms with E-state index in [1.165, 1.54) is 25.3 Å². The van der Waals surface area contributed by atoms with Crippen molar-refractivity contribution in [3.05, 3.63) is 34.4 Å². The SMILES string of the molecule is COCC(O)CCNC(=O)COc1ccccc1[N+](=O)[O-]. The van der Waals surface area contributed by atoms with E-state index in [9.17, 15) is 20.0 Å². The second-order valence-electron chi connectivity index (χ2n) is 4.26. The van der Waals surface area contributed by atoms with E-state index in [0.29, 0.717) is 6.42 Å². The fourth-order valence-electron chi connectivity index (χ4n) is 1.58. The summed E-state index contributed by atoms with van der Waals surface area (Å²) in [4.78, 5) is 21.7. The van der Waals surface area contributed by atoms with Crippen molar-refractivity contribution in [2.75, 3.05) is 26.9 Å². The van der Waals surface area contributed by atoms with Crippen molar-refractivity contribution >= 4 is 11.6 Å². The molecule has 0 bridgehead atoms. The highest BCUT2D eigenvalue weighted by atomic mass is 16.6. The second-order valence-corrected chi connectivity index (χ2v) is 4.26. The van der Waals surface area contributed by atoms with Crippen LogP contribution in [0.3, 0.4) is 0 Å². The monoisotopic (exact) mass is 298 g/mol. The van der Waals surface area contributed by atoms with Gasteiger partial charge in [0.1, 0.15) is 0 Å². The topological polar surface area (TPSA) is 111 Å². The summed E-state index contributed by atoms with van der Waals surface area (Å²) in [6.07, 6.45) is -0.295. The molecule has 21 heavy (non-hydrogen) atoms. The molecular weight excluding hydrogens is 280 g/mol. The van der Waals surface area contributed by atoms with Crippen LogP contribution in [0.2, 0.25) is 0 Å². The molecule has 0 radical (unpaired) electrons. The van der Waals surface area contributed by atoms with Gasteiger partial charge >= 0.3 is 5.69 Å². The fourth-order valence-corrected chi connectivity index (χ4v) is 1.58. The Labute approximate surface area is 121 Å². The maximum Gasteiger partial charge on any atom is 0.310 e. The maximum atomic E-state index is 11.5. The zero-order valence-electron chi connectivity index (χ0n) is 11.7.